The summed E-state index contributed by atoms with van der Waals surface area (Å²) < 4.78 is 10.3. The van der Waals surface area contributed by atoms with Crippen LogP contribution in [0.3, 0.4) is 0 Å². The van der Waals surface area contributed by atoms with Crippen LogP contribution in [0.25, 0.3) is 0 Å². The zero-order chi connectivity index (χ0) is 13.0. The summed E-state index contributed by atoms with van der Waals surface area (Å²) in [5.41, 5.74) is 2.23. The number of anilines is 1. The number of rotatable bonds is 3. The van der Waals surface area contributed by atoms with Crippen LogP contribution in [0.5, 0.6) is 5.88 Å². The lowest BCUT2D eigenvalue weighted by molar-refractivity contribution is 0.0949. The fraction of sp³-hybridized carbons (Fsp3) is 0.500. The van der Waals surface area contributed by atoms with E-state index in [4.69, 9.17) is 15.3 Å². The Morgan fingerprint density at radius 3 is 2.89 bits per heavy atom. The van der Waals surface area contributed by atoms with Gasteiger partial charge in [-0.05, 0) is 0 Å². The second-order valence-corrected chi connectivity index (χ2v) is 3.67. The van der Waals surface area contributed by atoms with Crippen LogP contribution in [0, 0.1) is 0 Å². The van der Waals surface area contributed by atoms with Crippen molar-refractivity contribution < 1.29 is 14.3 Å². The maximum atomic E-state index is 11.5. The monoisotopic (exact) mass is 253 g/mol. The summed E-state index contributed by atoms with van der Waals surface area (Å²) in [5.74, 6) is 5.31. The molecule has 8 heteroatoms. The Labute approximate surface area is 104 Å². The van der Waals surface area contributed by atoms with Gasteiger partial charge >= 0.3 is 0 Å². The summed E-state index contributed by atoms with van der Waals surface area (Å²) in [6.07, 6.45) is 1.40. The quantitative estimate of drug-likeness (QED) is 0.401. The molecule has 1 fully saturated rings. The number of carbonyl (C=O) groups is 1. The van der Waals surface area contributed by atoms with Crippen molar-refractivity contribution in [2.75, 3.05) is 38.3 Å². The Bertz CT molecular complexity index is 434. The molecular weight excluding hydrogens is 238 g/mol. The molecule has 1 saturated heterocycles. The van der Waals surface area contributed by atoms with E-state index in [0.717, 1.165) is 0 Å². The third kappa shape index (κ3) is 2.49. The average molecular weight is 253 g/mol. The first-order valence-electron chi connectivity index (χ1n) is 5.51. The van der Waals surface area contributed by atoms with Gasteiger partial charge in [0.1, 0.15) is 5.56 Å². The molecule has 0 aromatic carbocycles. The first-order valence-corrected chi connectivity index (χ1v) is 5.51. The van der Waals surface area contributed by atoms with Crippen LogP contribution >= 0.6 is 0 Å². The van der Waals surface area contributed by atoms with E-state index < -0.39 is 5.91 Å². The van der Waals surface area contributed by atoms with Gasteiger partial charge in [0.25, 0.3) is 5.91 Å². The number of hydrazine groups is 1. The summed E-state index contributed by atoms with van der Waals surface area (Å²) in [5, 5.41) is 0. The van der Waals surface area contributed by atoms with E-state index in [1.165, 1.54) is 13.3 Å². The van der Waals surface area contributed by atoms with Gasteiger partial charge in [-0.1, -0.05) is 0 Å². The third-order valence-electron chi connectivity index (χ3n) is 2.60. The molecule has 0 aliphatic carbocycles. The number of hydrogen-bond donors (Lipinski definition) is 2. The molecule has 98 valence electrons. The Balaban J connectivity index is 2.26. The number of nitrogens with two attached hydrogens (primary N) is 1. The molecule has 0 spiro atoms. The van der Waals surface area contributed by atoms with E-state index in [1.807, 2.05) is 10.3 Å². The SMILES string of the molecule is COc1nc(N2CCOCC2)ncc1C(=O)NN. The Morgan fingerprint density at radius 1 is 1.56 bits per heavy atom. The largest absolute Gasteiger partial charge is 0.480 e. The molecule has 8 nitrogen and oxygen atoms in total. The third-order valence-corrected chi connectivity index (χ3v) is 2.60. The average Bonchev–Trinajstić information content (AvgIpc) is 2.46. The van der Waals surface area contributed by atoms with Crippen LogP contribution in [0.4, 0.5) is 5.95 Å². The first kappa shape index (κ1) is 12.5. The van der Waals surface area contributed by atoms with Crippen LogP contribution in [0.15, 0.2) is 6.20 Å². The highest BCUT2D eigenvalue weighted by Crippen LogP contribution is 2.18. The highest BCUT2D eigenvalue weighted by Gasteiger charge is 2.19. The maximum Gasteiger partial charge on any atom is 0.272 e. The lowest BCUT2D eigenvalue weighted by Gasteiger charge is -2.26. The second-order valence-electron chi connectivity index (χ2n) is 3.67. The van der Waals surface area contributed by atoms with Crippen molar-refractivity contribution in [2.24, 2.45) is 5.84 Å². The number of hydrogen-bond acceptors (Lipinski definition) is 7. The molecule has 1 amide bonds. The topological polar surface area (TPSA) is 103 Å². The van der Waals surface area contributed by atoms with E-state index in [1.54, 1.807) is 0 Å². The Morgan fingerprint density at radius 2 is 2.28 bits per heavy atom. The van der Waals surface area contributed by atoms with Crippen molar-refractivity contribution in [3.8, 4) is 5.88 Å². The fourth-order valence-corrected chi connectivity index (χ4v) is 1.66. The number of methoxy groups -OCH3 is 1. The van der Waals surface area contributed by atoms with Crippen LogP contribution < -0.4 is 20.9 Å². The molecule has 18 heavy (non-hydrogen) atoms. The van der Waals surface area contributed by atoms with Gasteiger partial charge in [0.2, 0.25) is 11.8 Å². The van der Waals surface area contributed by atoms with E-state index in [2.05, 4.69) is 9.97 Å². The van der Waals surface area contributed by atoms with Crippen molar-refractivity contribution >= 4 is 11.9 Å². The molecule has 1 aromatic heterocycles. The van der Waals surface area contributed by atoms with Gasteiger partial charge in [-0.3, -0.25) is 10.2 Å². The number of morpholine rings is 1. The van der Waals surface area contributed by atoms with E-state index >= 15 is 0 Å². The summed E-state index contributed by atoms with van der Waals surface area (Å²) in [6, 6.07) is 0. The highest BCUT2D eigenvalue weighted by molar-refractivity contribution is 5.95. The Kier molecular flexibility index (Phi) is 3.90. The van der Waals surface area contributed by atoms with Crippen LogP contribution in [0.2, 0.25) is 0 Å². The van der Waals surface area contributed by atoms with Crippen LogP contribution in [-0.2, 0) is 4.74 Å². The summed E-state index contributed by atoms with van der Waals surface area (Å²) in [4.78, 5) is 21.8. The van der Waals surface area contributed by atoms with Crippen molar-refractivity contribution in [3.63, 3.8) is 0 Å². The number of aromatic nitrogens is 2. The summed E-state index contributed by atoms with van der Waals surface area (Å²) in [6.45, 7) is 2.70. The van der Waals surface area contributed by atoms with Gasteiger partial charge in [-0.15, -0.1) is 0 Å². The summed E-state index contributed by atoms with van der Waals surface area (Å²) in [7, 11) is 1.44. The lowest BCUT2D eigenvalue weighted by atomic mass is 10.3. The molecular formula is C10H15N5O3. The smallest absolute Gasteiger partial charge is 0.272 e. The molecule has 1 aromatic rings. The number of nitrogen functional groups attached to an aromatic ring is 1. The molecule has 1 aliphatic heterocycles. The zero-order valence-corrected chi connectivity index (χ0v) is 10.0. The van der Waals surface area contributed by atoms with Gasteiger partial charge in [0, 0.05) is 19.3 Å². The number of amides is 1. The fourth-order valence-electron chi connectivity index (χ4n) is 1.66. The molecule has 2 heterocycles. The normalized spacial score (nSPS) is 15.3. The van der Waals surface area contributed by atoms with Crippen LogP contribution in [-0.4, -0.2) is 49.3 Å². The van der Waals surface area contributed by atoms with E-state index in [0.29, 0.717) is 32.3 Å². The lowest BCUT2D eigenvalue weighted by Crippen LogP contribution is -2.37. The van der Waals surface area contributed by atoms with E-state index in [-0.39, 0.29) is 11.4 Å². The minimum atomic E-state index is -0.486. The van der Waals surface area contributed by atoms with Crippen LogP contribution in [0.1, 0.15) is 10.4 Å². The van der Waals surface area contributed by atoms with Gasteiger partial charge < -0.3 is 14.4 Å². The minimum absolute atomic E-state index is 0.203. The van der Waals surface area contributed by atoms with Crippen molar-refractivity contribution in [1.29, 1.82) is 0 Å². The van der Waals surface area contributed by atoms with Gasteiger partial charge in [0.05, 0.1) is 20.3 Å². The first-order chi connectivity index (χ1) is 8.76. The minimum Gasteiger partial charge on any atom is -0.480 e. The maximum absolute atomic E-state index is 11.5. The van der Waals surface area contributed by atoms with Gasteiger partial charge in [0.15, 0.2) is 0 Å². The molecule has 0 bridgehead atoms. The van der Waals surface area contributed by atoms with Crippen molar-refractivity contribution in [2.45, 2.75) is 0 Å². The number of nitrogens with one attached hydrogen (secondary N) is 1. The highest BCUT2D eigenvalue weighted by atomic mass is 16.5. The summed E-state index contributed by atoms with van der Waals surface area (Å²) >= 11 is 0. The molecule has 0 saturated carbocycles. The van der Waals surface area contributed by atoms with E-state index in [9.17, 15) is 4.79 Å². The second kappa shape index (κ2) is 5.61. The van der Waals surface area contributed by atoms with Crippen molar-refractivity contribution in [1.82, 2.24) is 15.4 Å². The molecule has 0 atom stereocenters. The molecule has 1 aliphatic rings. The predicted molar refractivity (Wildman–Crippen MR) is 63.3 cm³/mol. The number of carbonyl (C=O) groups excluding carboxylic acids is 1. The molecule has 2 rings (SSSR count). The predicted octanol–water partition coefficient (Wildman–Crippen LogP) is -1.07. The Hall–Kier alpha value is -1.93. The number of ether oxygens (including phenoxy) is 2. The van der Waals surface area contributed by atoms with Gasteiger partial charge in [-0.2, -0.15) is 4.98 Å². The zero-order valence-electron chi connectivity index (χ0n) is 10.0. The molecule has 0 unspecified atom stereocenters. The number of nitrogens with zero attached hydrogens (tertiary/aromatic N) is 3. The van der Waals surface area contributed by atoms with Gasteiger partial charge in [-0.25, -0.2) is 10.8 Å². The molecule has 0 radical (unpaired) electrons. The molecule has 3 N–H and O–H groups in total. The standard InChI is InChI=1S/C10H15N5O3/c1-17-9-7(8(16)14-11)6-12-10(13-9)15-2-4-18-5-3-15/h6H,2-5,11H2,1H3,(H,14,16). The van der Waals surface area contributed by atoms with Crippen molar-refractivity contribution in [3.05, 3.63) is 11.8 Å².